The number of rotatable bonds is 12. The lowest BCUT2D eigenvalue weighted by Gasteiger charge is -2.26. The maximum atomic E-state index is 10.7. The zero-order chi connectivity index (χ0) is 20.4. The van der Waals surface area contributed by atoms with E-state index in [1.807, 2.05) is 49.4 Å². The Labute approximate surface area is 165 Å². The maximum Gasteiger partial charge on any atom is 0.397 e. The SMILES string of the molecule is CCOc1ccccc1O[C@@H](c1ccccc1)[C@@H](O)CNCCOS(=O)(=O)O. The third-order valence-corrected chi connectivity index (χ3v) is 4.21. The van der Waals surface area contributed by atoms with Gasteiger partial charge in [-0.15, -0.1) is 0 Å². The summed E-state index contributed by atoms with van der Waals surface area (Å²) < 4.78 is 45.5. The minimum Gasteiger partial charge on any atom is -0.490 e. The Morgan fingerprint density at radius 1 is 1.04 bits per heavy atom. The van der Waals surface area contributed by atoms with E-state index in [2.05, 4.69) is 9.50 Å². The Kier molecular flexibility index (Phi) is 8.68. The Bertz CT molecular complexity index is 814. The van der Waals surface area contributed by atoms with Gasteiger partial charge < -0.3 is 19.9 Å². The van der Waals surface area contributed by atoms with Gasteiger partial charge in [0.25, 0.3) is 0 Å². The van der Waals surface area contributed by atoms with Crippen LogP contribution < -0.4 is 14.8 Å². The van der Waals surface area contributed by atoms with Gasteiger partial charge in [-0.25, -0.2) is 4.18 Å². The van der Waals surface area contributed by atoms with Crippen molar-refractivity contribution in [3.05, 3.63) is 60.2 Å². The summed E-state index contributed by atoms with van der Waals surface area (Å²) in [5.41, 5.74) is 0.775. The molecule has 8 nitrogen and oxygen atoms in total. The molecule has 0 unspecified atom stereocenters. The number of hydrogen-bond acceptors (Lipinski definition) is 7. The first-order valence-corrected chi connectivity index (χ1v) is 10.2. The first-order chi connectivity index (χ1) is 13.4. The standard InChI is InChI=1S/C19H25NO7S/c1-2-25-17-10-6-7-11-18(17)27-19(15-8-4-3-5-9-15)16(21)14-20-12-13-26-28(22,23)24/h3-11,16,19-21H,2,12-14H2,1H3,(H,22,23,24)/t16-,19-/m0/s1. The van der Waals surface area contributed by atoms with Crippen LogP contribution in [0.4, 0.5) is 0 Å². The molecule has 2 aromatic carbocycles. The molecule has 0 spiro atoms. The smallest absolute Gasteiger partial charge is 0.397 e. The van der Waals surface area contributed by atoms with Gasteiger partial charge in [-0.2, -0.15) is 8.42 Å². The minimum absolute atomic E-state index is 0.116. The van der Waals surface area contributed by atoms with E-state index in [9.17, 15) is 13.5 Å². The molecule has 2 aromatic rings. The van der Waals surface area contributed by atoms with Crippen molar-refractivity contribution in [3.63, 3.8) is 0 Å². The number of para-hydroxylation sites is 2. The predicted octanol–water partition coefficient (Wildman–Crippen LogP) is 1.98. The fourth-order valence-corrected chi connectivity index (χ4v) is 2.84. The fraction of sp³-hybridized carbons (Fsp3) is 0.368. The van der Waals surface area contributed by atoms with E-state index in [1.165, 1.54) is 0 Å². The van der Waals surface area contributed by atoms with E-state index in [0.717, 1.165) is 5.56 Å². The molecule has 0 aromatic heterocycles. The number of hydrogen-bond donors (Lipinski definition) is 3. The third kappa shape index (κ3) is 7.45. The molecule has 28 heavy (non-hydrogen) atoms. The second-order valence-electron chi connectivity index (χ2n) is 5.85. The van der Waals surface area contributed by atoms with Gasteiger partial charge in [-0.05, 0) is 24.6 Å². The lowest BCUT2D eigenvalue weighted by molar-refractivity contribution is 0.0335. The zero-order valence-electron chi connectivity index (χ0n) is 15.5. The molecule has 0 radical (unpaired) electrons. The van der Waals surface area contributed by atoms with Crippen LogP contribution in [0.1, 0.15) is 18.6 Å². The van der Waals surface area contributed by atoms with E-state index < -0.39 is 22.6 Å². The summed E-state index contributed by atoms with van der Waals surface area (Å²) in [5.74, 6) is 1.08. The number of benzene rings is 2. The van der Waals surface area contributed by atoms with Gasteiger partial charge in [0.15, 0.2) is 17.6 Å². The lowest BCUT2D eigenvalue weighted by atomic mass is 10.0. The van der Waals surface area contributed by atoms with Crippen LogP contribution in [0.2, 0.25) is 0 Å². The number of nitrogens with one attached hydrogen (secondary N) is 1. The lowest BCUT2D eigenvalue weighted by Crippen LogP contribution is -2.36. The summed E-state index contributed by atoms with van der Waals surface area (Å²) in [6.07, 6.45) is -1.62. The molecule has 0 fully saturated rings. The largest absolute Gasteiger partial charge is 0.490 e. The molecule has 3 N–H and O–H groups in total. The van der Waals surface area contributed by atoms with Crippen molar-refractivity contribution in [1.82, 2.24) is 5.32 Å². The highest BCUT2D eigenvalue weighted by Gasteiger charge is 2.24. The summed E-state index contributed by atoms with van der Waals surface area (Å²) >= 11 is 0. The molecule has 0 aliphatic carbocycles. The van der Waals surface area contributed by atoms with E-state index in [0.29, 0.717) is 18.1 Å². The van der Waals surface area contributed by atoms with Gasteiger partial charge in [0.05, 0.1) is 13.2 Å². The molecule has 0 aliphatic heterocycles. The number of aliphatic hydroxyl groups excluding tert-OH is 1. The number of ether oxygens (including phenoxy) is 2. The Hall–Kier alpha value is -2.17. The van der Waals surface area contributed by atoms with Crippen LogP contribution in [0.3, 0.4) is 0 Å². The molecular weight excluding hydrogens is 386 g/mol. The quantitative estimate of drug-likeness (QED) is 0.359. The van der Waals surface area contributed by atoms with E-state index in [4.69, 9.17) is 14.0 Å². The predicted molar refractivity (Wildman–Crippen MR) is 104 cm³/mol. The van der Waals surface area contributed by atoms with Crippen LogP contribution in [-0.4, -0.2) is 50.5 Å². The van der Waals surface area contributed by atoms with Crippen LogP contribution in [0.25, 0.3) is 0 Å². The second-order valence-corrected chi connectivity index (χ2v) is 6.94. The molecule has 9 heteroatoms. The van der Waals surface area contributed by atoms with Crippen LogP contribution in [0.5, 0.6) is 11.5 Å². The molecule has 2 rings (SSSR count). The first-order valence-electron chi connectivity index (χ1n) is 8.84. The van der Waals surface area contributed by atoms with Crippen molar-refractivity contribution in [2.45, 2.75) is 19.1 Å². The van der Waals surface area contributed by atoms with Gasteiger partial charge in [0, 0.05) is 13.1 Å². The van der Waals surface area contributed by atoms with Crippen molar-refractivity contribution in [3.8, 4) is 11.5 Å². The van der Waals surface area contributed by atoms with Crippen molar-refractivity contribution < 1.29 is 31.7 Å². The van der Waals surface area contributed by atoms with Gasteiger partial charge >= 0.3 is 10.4 Å². The fourth-order valence-electron chi connectivity index (χ4n) is 2.55. The van der Waals surface area contributed by atoms with Crippen molar-refractivity contribution >= 4 is 10.4 Å². The van der Waals surface area contributed by atoms with Crippen molar-refractivity contribution in [2.24, 2.45) is 0 Å². The van der Waals surface area contributed by atoms with Gasteiger partial charge in [0.1, 0.15) is 6.10 Å². The summed E-state index contributed by atoms with van der Waals surface area (Å²) in [6.45, 7) is 2.34. The Morgan fingerprint density at radius 3 is 2.32 bits per heavy atom. The third-order valence-electron chi connectivity index (χ3n) is 3.75. The highest BCUT2D eigenvalue weighted by molar-refractivity contribution is 7.80. The molecule has 0 amide bonds. The monoisotopic (exact) mass is 411 g/mol. The van der Waals surface area contributed by atoms with Crippen LogP contribution in [0, 0.1) is 0 Å². The van der Waals surface area contributed by atoms with E-state index in [-0.39, 0.29) is 19.7 Å². The summed E-state index contributed by atoms with van der Waals surface area (Å²) in [6, 6.07) is 16.5. The molecule has 0 saturated heterocycles. The summed E-state index contributed by atoms with van der Waals surface area (Å²) in [7, 11) is -4.48. The van der Waals surface area contributed by atoms with Crippen molar-refractivity contribution in [2.75, 3.05) is 26.3 Å². The van der Waals surface area contributed by atoms with Crippen LogP contribution in [0.15, 0.2) is 54.6 Å². The molecule has 0 saturated carbocycles. The summed E-state index contributed by atoms with van der Waals surface area (Å²) in [4.78, 5) is 0. The second kappa shape index (κ2) is 11.0. The normalized spacial score (nSPS) is 13.7. The number of aliphatic hydroxyl groups is 1. The summed E-state index contributed by atoms with van der Waals surface area (Å²) in [5, 5.41) is 13.5. The van der Waals surface area contributed by atoms with Gasteiger partial charge in [-0.1, -0.05) is 42.5 Å². The highest BCUT2D eigenvalue weighted by Crippen LogP contribution is 2.32. The molecule has 0 aliphatic rings. The van der Waals surface area contributed by atoms with Crippen LogP contribution in [-0.2, 0) is 14.6 Å². The molecular formula is C19H25NO7S. The highest BCUT2D eigenvalue weighted by atomic mass is 32.3. The average molecular weight is 411 g/mol. The van der Waals surface area contributed by atoms with Gasteiger partial charge in [0.2, 0.25) is 0 Å². The Morgan fingerprint density at radius 2 is 1.68 bits per heavy atom. The molecule has 154 valence electrons. The maximum absolute atomic E-state index is 10.7. The minimum atomic E-state index is -4.48. The zero-order valence-corrected chi connectivity index (χ0v) is 16.3. The first kappa shape index (κ1) is 22.1. The van der Waals surface area contributed by atoms with Crippen LogP contribution >= 0.6 is 0 Å². The van der Waals surface area contributed by atoms with E-state index in [1.54, 1.807) is 12.1 Å². The van der Waals surface area contributed by atoms with Gasteiger partial charge in [-0.3, -0.25) is 4.55 Å². The Balaban J connectivity index is 2.06. The molecule has 2 atom stereocenters. The molecule has 0 bridgehead atoms. The average Bonchev–Trinajstić information content (AvgIpc) is 2.67. The molecule has 0 heterocycles. The van der Waals surface area contributed by atoms with Crippen molar-refractivity contribution in [1.29, 1.82) is 0 Å². The van der Waals surface area contributed by atoms with E-state index >= 15 is 0 Å². The topological polar surface area (TPSA) is 114 Å².